The molecule has 9 heteroatoms. The van der Waals surface area contributed by atoms with Gasteiger partial charge in [-0.05, 0) is 12.1 Å². The Bertz CT molecular complexity index is 784. The van der Waals surface area contributed by atoms with Crippen LogP contribution in [-0.2, 0) is 9.53 Å². The molecule has 0 aliphatic carbocycles. The first-order valence-electron chi connectivity index (χ1n) is 8.49. The number of carbonyl (C=O) groups excluding carboxylic acids is 1. The zero-order valence-corrected chi connectivity index (χ0v) is 16.1. The Hall–Kier alpha value is -2.52. The molecule has 0 saturated carbocycles. The Morgan fingerprint density at radius 3 is 2.78 bits per heavy atom. The number of nitrogens with one attached hydrogen (secondary N) is 1. The van der Waals surface area contributed by atoms with E-state index in [0.29, 0.717) is 30.4 Å². The van der Waals surface area contributed by atoms with Crippen LogP contribution >= 0.6 is 11.8 Å². The molecule has 1 aliphatic rings. The van der Waals surface area contributed by atoms with Crippen molar-refractivity contribution in [2.24, 2.45) is 0 Å². The van der Waals surface area contributed by atoms with Crippen molar-refractivity contribution in [3.05, 3.63) is 30.6 Å². The molecule has 1 saturated heterocycles. The third-order valence-electron chi connectivity index (χ3n) is 4.00. The maximum atomic E-state index is 12.3. The molecule has 2 heterocycles. The number of hydrogen-bond donors (Lipinski definition) is 1. The van der Waals surface area contributed by atoms with Crippen LogP contribution in [0.1, 0.15) is 0 Å². The average Bonchev–Trinajstić information content (AvgIpc) is 2.73. The van der Waals surface area contributed by atoms with Crippen molar-refractivity contribution < 1.29 is 19.0 Å². The van der Waals surface area contributed by atoms with E-state index in [1.165, 1.54) is 18.1 Å². The number of ether oxygens (including phenoxy) is 3. The molecule has 0 atom stereocenters. The third-order valence-corrected chi connectivity index (χ3v) is 4.92. The Morgan fingerprint density at radius 2 is 2.04 bits per heavy atom. The van der Waals surface area contributed by atoms with Gasteiger partial charge in [-0.3, -0.25) is 4.79 Å². The smallest absolute Gasteiger partial charge is 0.234 e. The van der Waals surface area contributed by atoms with E-state index >= 15 is 0 Å². The number of rotatable bonds is 7. The molecule has 2 aromatic rings. The SMILES string of the molecule is COc1ccc(NC(=O)CSc2cc(N3CCOCC3)ncn2)c(OC)c1. The van der Waals surface area contributed by atoms with Crippen molar-refractivity contribution >= 4 is 29.2 Å². The molecule has 1 fully saturated rings. The summed E-state index contributed by atoms with van der Waals surface area (Å²) in [6.45, 7) is 2.99. The summed E-state index contributed by atoms with van der Waals surface area (Å²) in [4.78, 5) is 23.0. The number of carbonyl (C=O) groups is 1. The van der Waals surface area contributed by atoms with Crippen molar-refractivity contribution in [2.75, 3.05) is 56.5 Å². The fraction of sp³-hybridized carbons (Fsp3) is 0.389. The highest BCUT2D eigenvalue weighted by Gasteiger charge is 2.14. The minimum Gasteiger partial charge on any atom is -0.497 e. The van der Waals surface area contributed by atoms with Gasteiger partial charge in [0.15, 0.2) is 0 Å². The third kappa shape index (κ3) is 5.24. The largest absolute Gasteiger partial charge is 0.497 e. The standard InChI is InChI=1S/C18H22N4O4S/c1-24-13-3-4-14(15(9-13)25-2)21-17(23)11-27-18-10-16(19-12-20-18)22-5-7-26-8-6-22/h3-4,9-10,12H,5-8,11H2,1-2H3,(H,21,23). The van der Waals surface area contributed by atoms with Gasteiger partial charge in [-0.25, -0.2) is 9.97 Å². The highest BCUT2D eigenvalue weighted by molar-refractivity contribution is 7.99. The first-order valence-corrected chi connectivity index (χ1v) is 9.47. The van der Waals surface area contributed by atoms with Gasteiger partial charge >= 0.3 is 0 Å². The number of benzene rings is 1. The summed E-state index contributed by atoms with van der Waals surface area (Å²) < 4.78 is 15.8. The van der Waals surface area contributed by atoms with Crippen LogP contribution in [0.5, 0.6) is 11.5 Å². The summed E-state index contributed by atoms with van der Waals surface area (Å²) in [5, 5.41) is 3.60. The number of amides is 1. The minimum atomic E-state index is -0.144. The van der Waals surface area contributed by atoms with E-state index in [4.69, 9.17) is 14.2 Å². The van der Waals surface area contributed by atoms with E-state index < -0.39 is 0 Å². The molecule has 8 nitrogen and oxygen atoms in total. The van der Waals surface area contributed by atoms with Gasteiger partial charge in [0.05, 0.1) is 38.9 Å². The highest BCUT2D eigenvalue weighted by atomic mass is 32.2. The normalized spacial score (nSPS) is 13.9. The van der Waals surface area contributed by atoms with Crippen LogP contribution in [-0.4, -0.2) is 62.2 Å². The number of thioether (sulfide) groups is 1. The lowest BCUT2D eigenvalue weighted by atomic mass is 10.2. The zero-order chi connectivity index (χ0) is 19.1. The van der Waals surface area contributed by atoms with Crippen molar-refractivity contribution in [1.82, 2.24) is 9.97 Å². The Kier molecular flexibility index (Phi) is 6.72. The average molecular weight is 390 g/mol. The Morgan fingerprint density at radius 1 is 1.22 bits per heavy atom. The van der Waals surface area contributed by atoms with Gasteiger partial charge in [-0.1, -0.05) is 11.8 Å². The van der Waals surface area contributed by atoms with Gasteiger partial charge in [0.2, 0.25) is 5.91 Å². The van der Waals surface area contributed by atoms with E-state index in [2.05, 4.69) is 20.2 Å². The summed E-state index contributed by atoms with van der Waals surface area (Å²) >= 11 is 1.36. The van der Waals surface area contributed by atoms with Crippen LogP contribution in [0, 0.1) is 0 Å². The molecule has 0 unspecified atom stereocenters. The number of methoxy groups -OCH3 is 2. The molecule has 144 valence electrons. The molecule has 1 amide bonds. The van der Waals surface area contributed by atoms with Gasteiger partial charge in [-0.15, -0.1) is 0 Å². The van der Waals surface area contributed by atoms with Crippen LogP contribution in [0.2, 0.25) is 0 Å². The van der Waals surface area contributed by atoms with Gasteiger partial charge in [0.1, 0.15) is 28.7 Å². The second-order valence-corrected chi connectivity index (χ2v) is 6.71. The van der Waals surface area contributed by atoms with E-state index in [-0.39, 0.29) is 11.7 Å². The molecule has 1 aromatic carbocycles. The van der Waals surface area contributed by atoms with E-state index in [9.17, 15) is 4.79 Å². The first-order chi connectivity index (χ1) is 13.2. The lowest BCUT2D eigenvalue weighted by molar-refractivity contribution is -0.113. The van der Waals surface area contributed by atoms with E-state index in [1.807, 2.05) is 6.07 Å². The van der Waals surface area contributed by atoms with Gasteiger partial charge in [-0.2, -0.15) is 0 Å². The second-order valence-electron chi connectivity index (χ2n) is 5.72. The highest BCUT2D eigenvalue weighted by Crippen LogP contribution is 2.29. The minimum absolute atomic E-state index is 0.144. The number of aromatic nitrogens is 2. The van der Waals surface area contributed by atoms with Crippen LogP contribution in [0.3, 0.4) is 0 Å². The molecule has 1 aromatic heterocycles. The monoisotopic (exact) mass is 390 g/mol. The van der Waals surface area contributed by atoms with Crippen LogP contribution in [0.25, 0.3) is 0 Å². The lowest BCUT2D eigenvalue weighted by Crippen LogP contribution is -2.36. The van der Waals surface area contributed by atoms with Gasteiger partial charge < -0.3 is 24.4 Å². The quantitative estimate of drug-likeness (QED) is 0.568. The molecule has 1 aliphatic heterocycles. The van der Waals surface area contributed by atoms with Gasteiger partial charge in [0.25, 0.3) is 0 Å². The number of nitrogens with zero attached hydrogens (tertiary/aromatic N) is 3. The molecule has 27 heavy (non-hydrogen) atoms. The predicted molar refractivity (Wildman–Crippen MR) is 104 cm³/mol. The molecular weight excluding hydrogens is 368 g/mol. The van der Waals surface area contributed by atoms with Crippen molar-refractivity contribution in [2.45, 2.75) is 5.03 Å². The number of morpholine rings is 1. The topological polar surface area (TPSA) is 85.8 Å². The molecular formula is C18H22N4O4S. The van der Waals surface area contributed by atoms with Crippen LogP contribution in [0.4, 0.5) is 11.5 Å². The lowest BCUT2D eigenvalue weighted by Gasteiger charge is -2.27. The second kappa shape index (κ2) is 9.43. The van der Waals surface area contributed by atoms with Gasteiger partial charge in [0, 0.05) is 25.2 Å². The summed E-state index contributed by atoms with van der Waals surface area (Å²) in [5.41, 5.74) is 0.598. The maximum Gasteiger partial charge on any atom is 0.234 e. The Labute approximate surface area is 162 Å². The van der Waals surface area contributed by atoms with Crippen molar-refractivity contribution in [3.8, 4) is 11.5 Å². The molecule has 0 bridgehead atoms. The number of hydrogen-bond acceptors (Lipinski definition) is 8. The molecule has 1 N–H and O–H groups in total. The molecule has 0 spiro atoms. The summed E-state index contributed by atoms with van der Waals surface area (Å²) in [7, 11) is 3.13. The zero-order valence-electron chi connectivity index (χ0n) is 15.3. The summed E-state index contributed by atoms with van der Waals surface area (Å²) in [5.74, 6) is 2.15. The van der Waals surface area contributed by atoms with E-state index in [1.54, 1.807) is 32.4 Å². The van der Waals surface area contributed by atoms with E-state index in [0.717, 1.165) is 23.9 Å². The first kappa shape index (κ1) is 19.2. The number of anilines is 2. The predicted octanol–water partition coefficient (Wildman–Crippen LogP) is 2.06. The fourth-order valence-electron chi connectivity index (χ4n) is 2.60. The van der Waals surface area contributed by atoms with Crippen molar-refractivity contribution in [3.63, 3.8) is 0 Å². The van der Waals surface area contributed by atoms with Crippen LogP contribution in [0.15, 0.2) is 35.6 Å². The van der Waals surface area contributed by atoms with Crippen LogP contribution < -0.4 is 19.7 Å². The summed E-state index contributed by atoms with van der Waals surface area (Å²) in [6.07, 6.45) is 1.53. The Balaban J connectivity index is 1.58. The molecule has 0 radical (unpaired) electrons. The van der Waals surface area contributed by atoms with Crippen molar-refractivity contribution in [1.29, 1.82) is 0 Å². The maximum absolute atomic E-state index is 12.3. The molecule has 3 rings (SSSR count). The fourth-order valence-corrected chi connectivity index (χ4v) is 3.26. The summed E-state index contributed by atoms with van der Waals surface area (Å²) in [6, 6.07) is 7.14.